The summed E-state index contributed by atoms with van der Waals surface area (Å²) in [6, 6.07) is 0.514. The molecule has 1 heteroatoms. The van der Waals surface area contributed by atoms with Crippen LogP contribution in [0.3, 0.4) is 0 Å². The highest BCUT2D eigenvalue weighted by molar-refractivity contribution is 5.17. The van der Waals surface area contributed by atoms with Crippen LogP contribution >= 0.6 is 0 Å². The van der Waals surface area contributed by atoms with Crippen LogP contribution in [0, 0.1) is 0 Å². The Kier molecular flexibility index (Phi) is 4.67. The lowest BCUT2D eigenvalue weighted by atomic mass is 10.2. The molecule has 0 aliphatic carbocycles. The fraction of sp³-hybridized carbons (Fsp3) is 0.600. The van der Waals surface area contributed by atoms with Gasteiger partial charge in [0.2, 0.25) is 0 Å². The van der Waals surface area contributed by atoms with Crippen molar-refractivity contribution in [3.63, 3.8) is 0 Å². The third kappa shape index (κ3) is 5.71. The van der Waals surface area contributed by atoms with E-state index < -0.39 is 0 Å². The standard InChI is InChI=1S/C10H19N/c1-6-10(7-8(2)3)11-9(4)5/h7,9,11H,2,6H2,1,3-5H3/b10-7+. The van der Waals surface area contributed by atoms with Gasteiger partial charge in [-0.05, 0) is 33.3 Å². The Morgan fingerprint density at radius 2 is 2.09 bits per heavy atom. The smallest absolute Gasteiger partial charge is 0.0201 e. The van der Waals surface area contributed by atoms with Crippen molar-refractivity contribution in [1.82, 2.24) is 5.32 Å². The number of allylic oxidation sites excluding steroid dienone is 3. The number of rotatable bonds is 4. The molecular formula is C10H19N. The third-order valence-electron chi connectivity index (χ3n) is 1.28. The summed E-state index contributed by atoms with van der Waals surface area (Å²) in [4.78, 5) is 0. The van der Waals surface area contributed by atoms with Gasteiger partial charge in [0.1, 0.15) is 0 Å². The van der Waals surface area contributed by atoms with E-state index in [-0.39, 0.29) is 0 Å². The summed E-state index contributed by atoms with van der Waals surface area (Å²) in [5, 5.41) is 3.36. The highest BCUT2D eigenvalue weighted by Gasteiger charge is 1.94. The van der Waals surface area contributed by atoms with Gasteiger partial charge in [-0.1, -0.05) is 19.1 Å². The molecule has 1 nitrogen and oxygen atoms in total. The van der Waals surface area contributed by atoms with Crippen molar-refractivity contribution in [2.75, 3.05) is 0 Å². The summed E-state index contributed by atoms with van der Waals surface area (Å²) in [5.41, 5.74) is 2.38. The molecule has 0 aromatic heterocycles. The van der Waals surface area contributed by atoms with Crippen LogP contribution in [0.1, 0.15) is 34.1 Å². The van der Waals surface area contributed by atoms with E-state index in [0.717, 1.165) is 12.0 Å². The van der Waals surface area contributed by atoms with Crippen LogP contribution in [0.2, 0.25) is 0 Å². The largest absolute Gasteiger partial charge is 0.386 e. The van der Waals surface area contributed by atoms with Gasteiger partial charge in [0, 0.05) is 11.7 Å². The highest BCUT2D eigenvalue weighted by Crippen LogP contribution is 2.01. The lowest BCUT2D eigenvalue weighted by molar-refractivity contribution is 0.650. The second-order valence-corrected chi connectivity index (χ2v) is 3.17. The van der Waals surface area contributed by atoms with Crippen molar-refractivity contribution in [2.45, 2.75) is 40.2 Å². The van der Waals surface area contributed by atoms with Crippen LogP contribution in [-0.2, 0) is 0 Å². The molecule has 0 aliphatic heterocycles. The molecule has 0 aromatic rings. The van der Waals surface area contributed by atoms with Gasteiger partial charge in [0.05, 0.1) is 0 Å². The lowest BCUT2D eigenvalue weighted by Gasteiger charge is -2.12. The maximum atomic E-state index is 3.83. The minimum Gasteiger partial charge on any atom is -0.386 e. The van der Waals surface area contributed by atoms with Gasteiger partial charge in [-0.25, -0.2) is 0 Å². The van der Waals surface area contributed by atoms with Crippen molar-refractivity contribution in [1.29, 1.82) is 0 Å². The van der Waals surface area contributed by atoms with Gasteiger partial charge in [-0.15, -0.1) is 0 Å². The van der Waals surface area contributed by atoms with E-state index in [9.17, 15) is 0 Å². The predicted molar refractivity (Wildman–Crippen MR) is 51.5 cm³/mol. The Hall–Kier alpha value is -0.720. The molecule has 0 rings (SSSR count). The minimum atomic E-state index is 0.514. The van der Waals surface area contributed by atoms with Gasteiger partial charge in [-0.3, -0.25) is 0 Å². The zero-order valence-electron chi connectivity index (χ0n) is 8.07. The van der Waals surface area contributed by atoms with E-state index in [0.29, 0.717) is 6.04 Å². The zero-order valence-corrected chi connectivity index (χ0v) is 8.07. The first-order valence-corrected chi connectivity index (χ1v) is 4.18. The summed E-state index contributed by atoms with van der Waals surface area (Å²) >= 11 is 0. The SMILES string of the molecule is C=C(C)/C=C(\CC)NC(C)C. The topological polar surface area (TPSA) is 12.0 Å². The maximum Gasteiger partial charge on any atom is 0.0201 e. The maximum absolute atomic E-state index is 3.83. The van der Waals surface area contributed by atoms with Crippen LogP contribution < -0.4 is 5.32 Å². The first-order chi connectivity index (χ1) is 5.06. The quantitative estimate of drug-likeness (QED) is 0.612. The lowest BCUT2D eigenvalue weighted by Crippen LogP contribution is -2.21. The summed E-state index contributed by atoms with van der Waals surface area (Å²) in [7, 11) is 0. The zero-order chi connectivity index (χ0) is 8.85. The Morgan fingerprint density at radius 1 is 1.55 bits per heavy atom. The molecule has 0 amide bonds. The number of hydrogen-bond acceptors (Lipinski definition) is 1. The molecule has 1 N–H and O–H groups in total. The second-order valence-electron chi connectivity index (χ2n) is 3.17. The molecular weight excluding hydrogens is 134 g/mol. The van der Waals surface area contributed by atoms with Crippen LogP contribution in [0.15, 0.2) is 23.9 Å². The molecule has 0 radical (unpaired) electrons. The molecule has 0 heterocycles. The van der Waals surface area contributed by atoms with Crippen LogP contribution in [0.25, 0.3) is 0 Å². The Balaban J connectivity index is 4.05. The number of nitrogens with one attached hydrogen (secondary N) is 1. The van der Waals surface area contributed by atoms with E-state index >= 15 is 0 Å². The fourth-order valence-electron chi connectivity index (χ4n) is 0.914. The van der Waals surface area contributed by atoms with Crippen molar-refractivity contribution in [3.05, 3.63) is 23.9 Å². The van der Waals surface area contributed by atoms with E-state index in [2.05, 4.69) is 38.7 Å². The van der Waals surface area contributed by atoms with Gasteiger partial charge in [0.25, 0.3) is 0 Å². The average Bonchev–Trinajstić information content (AvgIpc) is 1.84. The molecule has 0 unspecified atom stereocenters. The normalized spacial score (nSPS) is 11.9. The molecule has 11 heavy (non-hydrogen) atoms. The van der Waals surface area contributed by atoms with E-state index in [4.69, 9.17) is 0 Å². The molecule has 0 saturated heterocycles. The Bertz CT molecular complexity index is 154. The summed E-state index contributed by atoms with van der Waals surface area (Å²) in [5.74, 6) is 0. The minimum absolute atomic E-state index is 0.514. The first-order valence-electron chi connectivity index (χ1n) is 4.18. The van der Waals surface area contributed by atoms with Crippen molar-refractivity contribution in [2.24, 2.45) is 0 Å². The van der Waals surface area contributed by atoms with Gasteiger partial charge in [0.15, 0.2) is 0 Å². The third-order valence-corrected chi connectivity index (χ3v) is 1.28. The van der Waals surface area contributed by atoms with Crippen molar-refractivity contribution >= 4 is 0 Å². The summed E-state index contributed by atoms with van der Waals surface area (Å²) in [6.07, 6.45) is 3.14. The van der Waals surface area contributed by atoms with Gasteiger partial charge < -0.3 is 5.32 Å². The first kappa shape index (κ1) is 10.3. The highest BCUT2D eigenvalue weighted by atomic mass is 14.9. The van der Waals surface area contributed by atoms with Crippen molar-refractivity contribution in [3.8, 4) is 0 Å². The average molecular weight is 153 g/mol. The second kappa shape index (κ2) is 5.00. The summed E-state index contributed by atoms with van der Waals surface area (Å²) < 4.78 is 0. The van der Waals surface area contributed by atoms with Gasteiger partial charge in [-0.2, -0.15) is 0 Å². The van der Waals surface area contributed by atoms with Gasteiger partial charge >= 0.3 is 0 Å². The molecule has 0 atom stereocenters. The van der Waals surface area contributed by atoms with E-state index in [1.165, 1.54) is 5.70 Å². The van der Waals surface area contributed by atoms with Crippen LogP contribution in [0.4, 0.5) is 0 Å². The van der Waals surface area contributed by atoms with E-state index in [1.54, 1.807) is 0 Å². The van der Waals surface area contributed by atoms with E-state index in [1.807, 2.05) is 6.92 Å². The Labute approximate surface area is 70.2 Å². The molecule has 0 spiro atoms. The predicted octanol–water partition coefficient (Wildman–Crippen LogP) is 2.85. The fourth-order valence-corrected chi connectivity index (χ4v) is 0.914. The monoisotopic (exact) mass is 153 g/mol. The van der Waals surface area contributed by atoms with Crippen molar-refractivity contribution < 1.29 is 0 Å². The Morgan fingerprint density at radius 3 is 2.36 bits per heavy atom. The van der Waals surface area contributed by atoms with Crippen LogP contribution in [0.5, 0.6) is 0 Å². The molecule has 0 saturated carbocycles. The number of hydrogen-bond donors (Lipinski definition) is 1. The molecule has 0 aromatic carbocycles. The molecule has 0 bridgehead atoms. The molecule has 64 valence electrons. The summed E-state index contributed by atoms with van der Waals surface area (Å²) in [6.45, 7) is 12.3. The van der Waals surface area contributed by atoms with Crippen LogP contribution in [-0.4, -0.2) is 6.04 Å². The molecule has 0 fully saturated rings. The molecule has 0 aliphatic rings.